The van der Waals surface area contributed by atoms with Gasteiger partial charge in [-0.3, -0.25) is 4.98 Å². The highest BCUT2D eigenvalue weighted by Gasteiger charge is 2.15. The molecule has 2 aromatic rings. The molecule has 1 heterocycles. The molecule has 0 radical (unpaired) electrons. The van der Waals surface area contributed by atoms with Gasteiger partial charge in [-0.15, -0.1) is 0 Å². The smallest absolute Gasteiger partial charge is 0.0867 e. The Morgan fingerprint density at radius 1 is 1.21 bits per heavy atom. The molecular formula is C16H19BrN2. The van der Waals surface area contributed by atoms with Gasteiger partial charge in [-0.2, -0.15) is 0 Å². The van der Waals surface area contributed by atoms with Gasteiger partial charge in [0, 0.05) is 27.3 Å². The van der Waals surface area contributed by atoms with Crippen molar-refractivity contribution in [2.45, 2.75) is 45.1 Å². The van der Waals surface area contributed by atoms with Gasteiger partial charge in [0.05, 0.1) is 5.52 Å². The van der Waals surface area contributed by atoms with Crippen LogP contribution in [0.15, 0.2) is 28.7 Å². The van der Waals surface area contributed by atoms with E-state index in [1.807, 2.05) is 0 Å². The lowest BCUT2D eigenvalue weighted by molar-refractivity contribution is 0.463. The van der Waals surface area contributed by atoms with E-state index in [-0.39, 0.29) is 0 Å². The molecule has 0 spiro atoms. The van der Waals surface area contributed by atoms with E-state index in [4.69, 9.17) is 0 Å². The maximum atomic E-state index is 4.64. The average Bonchev–Trinajstić information content (AvgIpc) is 2.41. The molecule has 0 unspecified atom stereocenters. The number of hydrogen-bond acceptors (Lipinski definition) is 2. The lowest BCUT2D eigenvalue weighted by atomic mass is 9.95. The first kappa shape index (κ1) is 12.9. The zero-order valence-corrected chi connectivity index (χ0v) is 12.8. The quantitative estimate of drug-likeness (QED) is 0.838. The van der Waals surface area contributed by atoms with Crippen molar-refractivity contribution in [1.82, 2.24) is 4.98 Å². The molecule has 1 saturated carbocycles. The molecule has 1 aromatic carbocycles. The van der Waals surface area contributed by atoms with E-state index in [9.17, 15) is 0 Å². The molecule has 1 N–H and O–H groups in total. The van der Waals surface area contributed by atoms with E-state index < -0.39 is 0 Å². The maximum absolute atomic E-state index is 4.64. The van der Waals surface area contributed by atoms with E-state index in [1.54, 1.807) is 0 Å². The van der Waals surface area contributed by atoms with Crippen LogP contribution in [0.1, 0.15) is 37.8 Å². The largest absolute Gasteiger partial charge is 0.382 e. The number of aryl methyl sites for hydroxylation is 1. The number of halogens is 1. The van der Waals surface area contributed by atoms with Crippen molar-refractivity contribution in [1.29, 1.82) is 0 Å². The summed E-state index contributed by atoms with van der Waals surface area (Å²) in [7, 11) is 0. The van der Waals surface area contributed by atoms with Crippen molar-refractivity contribution < 1.29 is 0 Å². The summed E-state index contributed by atoms with van der Waals surface area (Å²) in [6.45, 7) is 2.06. The normalized spacial score (nSPS) is 16.7. The van der Waals surface area contributed by atoms with Crippen LogP contribution in [0, 0.1) is 6.92 Å². The Kier molecular flexibility index (Phi) is 3.74. The molecular weight excluding hydrogens is 300 g/mol. The Balaban J connectivity index is 1.99. The van der Waals surface area contributed by atoms with Gasteiger partial charge in [0.1, 0.15) is 0 Å². The maximum Gasteiger partial charge on any atom is 0.0867 e. The summed E-state index contributed by atoms with van der Waals surface area (Å²) in [6.07, 6.45) is 6.67. The van der Waals surface area contributed by atoms with E-state index >= 15 is 0 Å². The summed E-state index contributed by atoms with van der Waals surface area (Å²) in [5, 5.41) is 4.94. The standard InChI is InChI=1S/C16H19BrN2/c1-11-10-15(19-12-6-3-2-4-7-12)13-8-5-9-14(17)16(13)18-11/h5,8-10,12H,2-4,6-7H2,1H3,(H,18,19). The van der Waals surface area contributed by atoms with E-state index in [2.05, 4.69) is 57.4 Å². The minimum absolute atomic E-state index is 0.623. The third kappa shape index (κ3) is 2.76. The van der Waals surface area contributed by atoms with Crippen LogP contribution in [0.5, 0.6) is 0 Å². The Morgan fingerprint density at radius 3 is 2.79 bits per heavy atom. The van der Waals surface area contributed by atoms with E-state index in [0.717, 1.165) is 15.7 Å². The van der Waals surface area contributed by atoms with Crippen molar-refractivity contribution >= 4 is 32.5 Å². The molecule has 3 rings (SSSR count). The van der Waals surface area contributed by atoms with Crippen molar-refractivity contribution in [3.63, 3.8) is 0 Å². The van der Waals surface area contributed by atoms with Gasteiger partial charge in [-0.1, -0.05) is 31.4 Å². The van der Waals surface area contributed by atoms with Crippen molar-refractivity contribution in [3.8, 4) is 0 Å². The first-order chi connectivity index (χ1) is 9.24. The van der Waals surface area contributed by atoms with Crippen LogP contribution in [0.2, 0.25) is 0 Å². The fourth-order valence-corrected chi connectivity index (χ4v) is 3.38. The number of benzene rings is 1. The van der Waals surface area contributed by atoms with Gasteiger partial charge in [-0.05, 0) is 47.8 Å². The molecule has 1 aromatic heterocycles. The van der Waals surface area contributed by atoms with E-state index in [1.165, 1.54) is 43.2 Å². The number of nitrogens with one attached hydrogen (secondary N) is 1. The third-order valence-electron chi connectivity index (χ3n) is 3.88. The number of hydrogen-bond donors (Lipinski definition) is 1. The number of rotatable bonds is 2. The lowest BCUT2D eigenvalue weighted by Crippen LogP contribution is -2.22. The van der Waals surface area contributed by atoms with Gasteiger partial charge in [-0.25, -0.2) is 0 Å². The van der Waals surface area contributed by atoms with Crippen LogP contribution in [0.4, 0.5) is 5.69 Å². The first-order valence-corrected chi connectivity index (χ1v) is 7.86. The second-order valence-corrected chi connectivity index (χ2v) is 6.28. The summed E-state index contributed by atoms with van der Waals surface area (Å²) >= 11 is 3.60. The van der Waals surface area contributed by atoms with E-state index in [0.29, 0.717) is 6.04 Å². The predicted molar refractivity (Wildman–Crippen MR) is 84.7 cm³/mol. The molecule has 0 amide bonds. The second-order valence-electron chi connectivity index (χ2n) is 5.43. The summed E-state index contributed by atoms with van der Waals surface area (Å²) in [6, 6.07) is 9.08. The molecule has 100 valence electrons. The summed E-state index contributed by atoms with van der Waals surface area (Å²) in [4.78, 5) is 4.64. The molecule has 0 atom stereocenters. The molecule has 1 aliphatic rings. The number of pyridine rings is 1. The highest BCUT2D eigenvalue weighted by atomic mass is 79.9. The van der Waals surface area contributed by atoms with Gasteiger partial charge >= 0.3 is 0 Å². The molecule has 0 bridgehead atoms. The first-order valence-electron chi connectivity index (χ1n) is 7.06. The molecule has 0 saturated heterocycles. The minimum atomic E-state index is 0.623. The fourth-order valence-electron chi connectivity index (χ4n) is 2.93. The number of para-hydroxylation sites is 1. The Bertz CT molecular complexity index is 589. The van der Waals surface area contributed by atoms with Crippen LogP contribution in [0.25, 0.3) is 10.9 Å². The molecule has 0 aliphatic heterocycles. The summed E-state index contributed by atoms with van der Waals surface area (Å²) < 4.78 is 1.07. The fraction of sp³-hybridized carbons (Fsp3) is 0.438. The zero-order chi connectivity index (χ0) is 13.2. The Hall–Kier alpha value is -1.09. The van der Waals surface area contributed by atoms with Crippen molar-refractivity contribution in [3.05, 3.63) is 34.4 Å². The Labute approximate surface area is 122 Å². The third-order valence-corrected chi connectivity index (χ3v) is 4.52. The minimum Gasteiger partial charge on any atom is -0.382 e. The molecule has 19 heavy (non-hydrogen) atoms. The monoisotopic (exact) mass is 318 g/mol. The SMILES string of the molecule is Cc1cc(NC2CCCCC2)c2cccc(Br)c2n1. The summed E-state index contributed by atoms with van der Waals surface area (Å²) in [5.74, 6) is 0. The number of nitrogens with zero attached hydrogens (tertiary/aromatic N) is 1. The highest BCUT2D eigenvalue weighted by molar-refractivity contribution is 9.10. The average molecular weight is 319 g/mol. The Morgan fingerprint density at radius 2 is 2.00 bits per heavy atom. The number of fused-ring (bicyclic) bond motifs is 1. The molecule has 1 fully saturated rings. The topological polar surface area (TPSA) is 24.9 Å². The van der Waals surface area contributed by atoms with Gasteiger partial charge in [0.25, 0.3) is 0 Å². The van der Waals surface area contributed by atoms with Crippen LogP contribution < -0.4 is 5.32 Å². The van der Waals surface area contributed by atoms with Gasteiger partial charge in [0.15, 0.2) is 0 Å². The highest BCUT2D eigenvalue weighted by Crippen LogP contribution is 2.30. The predicted octanol–water partition coefficient (Wildman–Crippen LogP) is 5.05. The zero-order valence-electron chi connectivity index (χ0n) is 11.2. The lowest BCUT2D eigenvalue weighted by Gasteiger charge is -2.24. The van der Waals surface area contributed by atoms with Gasteiger partial charge < -0.3 is 5.32 Å². The number of anilines is 1. The number of aromatic nitrogens is 1. The summed E-state index contributed by atoms with van der Waals surface area (Å²) in [5.41, 5.74) is 3.36. The van der Waals surface area contributed by atoms with Gasteiger partial charge in [0.2, 0.25) is 0 Å². The van der Waals surface area contributed by atoms with Crippen molar-refractivity contribution in [2.24, 2.45) is 0 Å². The second kappa shape index (κ2) is 5.49. The molecule has 2 nitrogen and oxygen atoms in total. The van der Waals surface area contributed by atoms with Crippen LogP contribution in [-0.4, -0.2) is 11.0 Å². The molecule has 3 heteroatoms. The van der Waals surface area contributed by atoms with Crippen molar-refractivity contribution in [2.75, 3.05) is 5.32 Å². The molecule has 1 aliphatic carbocycles. The van der Waals surface area contributed by atoms with Crippen LogP contribution in [0.3, 0.4) is 0 Å². The van der Waals surface area contributed by atoms with Crippen LogP contribution >= 0.6 is 15.9 Å². The van der Waals surface area contributed by atoms with Crippen LogP contribution in [-0.2, 0) is 0 Å².